The van der Waals surface area contributed by atoms with Gasteiger partial charge in [0, 0.05) is 0 Å². The minimum atomic E-state index is -0.382. The van der Waals surface area contributed by atoms with Crippen molar-refractivity contribution in [2.45, 2.75) is 50.3 Å². The fourth-order valence-electron chi connectivity index (χ4n) is 4.02. The van der Waals surface area contributed by atoms with Gasteiger partial charge < -0.3 is 24.8 Å². The van der Waals surface area contributed by atoms with Gasteiger partial charge in [0.2, 0.25) is 0 Å². The van der Waals surface area contributed by atoms with Crippen LogP contribution >= 0.6 is 0 Å². The number of benzene rings is 1. The maximum absolute atomic E-state index is 2.45. The standard InChI is InChI=1S/C17H17.C4H10Si.2ClH.Zr/c1-11-8-9-12(2)17-15(11)10-13(3)16(17)14-6-4-5-7-14;1-3-5-4-2;;;/h4-10,14H,1-3H3;3-4H2,1-2H3;2*1H;/q;;;;+2/p-2. The summed E-state index contributed by atoms with van der Waals surface area (Å²) in [5.41, 5.74) is 9.66. The van der Waals surface area contributed by atoms with Gasteiger partial charge in [-0.15, -0.1) is 0 Å². The Labute approximate surface area is 177 Å². The van der Waals surface area contributed by atoms with E-state index < -0.39 is 0 Å². The Bertz CT molecular complexity index is 741. The van der Waals surface area contributed by atoms with Crippen molar-refractivity contribution in [3.63, 3.8) is 0 Å². The minimum Gasteiger partial charge on any atom is -1.00 e. The minimum absolute atomic E-state index is 0. The molecule has 0 aliphatic heterocycles. The van der Waals surface area contributed by atoms with Gasteiger partial charge in [-0.2, -0.15) is 0 Å². The molecule has 2 aliphatic rings. The number of fused-ring (bicyclic) bond motifs is 1. The van der Waals surface area contributed by atoms with E-state index in [9.17, 15) is 0 Å². The Morgan fingerprint density at radius 2 is 1.48 bits per heavy atom. The second kappa shape index (κ2) is 9.88. The molecule has 1 aromatic rings. The summed E-state index contributed by atoms with van der Waals surface area (Å²) in [6.45, 7) is 12.0. The molecule has 0 nitrogen and oxygen atoms in total. The summed E-state index contributed by atoms with van der Waals surface area (Å²) in [4.78, 5) is 0. The Kier molecular flexibility index (Phi) is 9.15. The molecular formula is C21H27Cl2SiZr. The van der Waals surface area contributed by atoms with Crippen molar-refractivity contribution in [3.8, 4) is 0 Å². The molecular weight excluding hydrogens is 442 g/mol. The summed E-state index contributed by atoms with van der Waals surface area (Å²) < 4.78 is 0.833. The summed E-state index contributed by atoms with van der Waals surface area (Å²) in [6, 6.07) is 7.63. The normalized spacial score (nSPS) is 17.9. The van der Waals surface area contributed by atoms with Gasteiger partial charge >= 0.3 is 153 Å². The van der Waals surface area contributed by atoms with Crippen LogP contribution < -0.4 is 24.8 Å². The van der Waals surface area contributed by atoms with Crippen molar-refractivity contribution in [3.05, 3.63) is 64.3 Å². The van der Waals surface area contributed by atoms with E-state index in [2.05, 4.69) is 71.1 Å². The molecule has 0 spiro atoms. The van der Waals surface area contributed by atoms with Crippen LogP contribution in [-0.2, 0) is 21.9 Å². The van der Waals surface area contributed by atoms with Gasteiger partial charge in [0.25, 0.3) is 0 Å². The van der Waals surface area contributed by atoms with Gasteiger partial charge in [0.05, 0.1) is 0 Å². The predicted octanol–water partition coefficient (Wildman–Crippen LogP) is -0.00436. The number of hydrogen-bond donors (Lipinski definition) is 0. The molecule has 0 fully saturated rings. The number of aryl methyl sites for hydroxylation is 2. The van der Waals surface area contributed by atoms with Crippen LogP contribution in [0.5, 0.6) is 0 Å². The molecule has 0 bridgehead atoms. The molecule has 0 amide bonds. The number of hydrogen-bond acceptors (Lipinski definition) is 0. The number of halogens is 2. The summed E-state index contributed by atoms with van der Waals surface area (Å²) >= 11 is -0.382. The van der Waals surface area contributed by atoms with E-state index in [4.69, 9.17) is 0 Å². The van der Waals surface area contributed by atoms with E-state index in [1.807, 2.05) is 0 Å². The van der Waals surface area contributed by atoms with Gasteiger partial charge in [-0.05, 0) is 0 Å². The molecule has 0 heterocycles. The number of allylic oxidation sites excluding steroid dienone is 6. The first-order valence-electron chi connectivity index (χ1n) is 8.85. The third-order valence-corrected chi connectivity index (χ3v) is 19.9. The topological polar surface area (TPSA) is 0 Å². The molecule has 0 saturated carbocycles. The molecule has 25 heavy (non-hydrogen) atoms. The van der Waals surface area contributed by atoms with Crippen LogP contribution in [0.4, 0.5) is 0 Å². The van der Waals surface area contributed by atoms with Crippen LogP contribution in [0.3, 0.4) is 0 Å². The predicted molar refractivity (Wildman–Crippen MR) is 99.7 cm³/mol. The van der Waals surface area contributed by atoms with E-state index in [0.29, 0.717) is 5.92 Å². The first-order valence-corrected chi connectivity index (χ1v) is 15.9. The van der Waals surface area contributed by atoms with Crippen LogP contribution in [0, 0.1) is 19.8 Å². The Morgan fingerprint density at radius 1 is 0.920 bits per heavy atom. The molecule has 0 saturated heterocycles. The van der Waals surface area contributed by atoms with Crippen LogP contribution in [-0.4, -0.2) is 5.43 Å². The van der Waals surface area contributed by atoms with E-state index in [1.54, 1.807) is 22.3 Å². The zero-order valence-corrected chi connectivity index (χ0v) is 20.8. The zero-order valence-electron chi connectivity index (χ0n) is 15.8. The fourth-order valence-corrected chi connectivity index (χ4v) is 15.7. The summed E-state index contributed by atoms with van der Waals surface area (Å²) in [7, 11) is 0. The maximum atomic E-state index is 2.45. The van der Waals surface area contributed by atoms with E-state index >= 15 is 0 Å². The third kappa shape index (κ3) is 4.34. The molecule has 1 aromatic carbocycles. The van der Waals surface area contributed by atoms with Crippen molar-refractivity contribution in [1.82, 2.24) is 0 Å². The summed E-state index contributed by atoms with van der Waals surface area (Å²) in [5, 5.41) is 0. The summed E-state index contributed by atoms with van der Waals surface area (Å²) in [5.74, 6) is 0.512. The summed E-state index contributed by atoms with van der Waals surface area (Å²) in [6.07, 6.45) is 9.19. The van der Waals surface area contributed by atoms with Crippen molar-refractivity contribution < 1.29 is 46.7 Å². The second-order valence-corrected chi connectivity index (χ2v) is 18.4. The average molecular weight is 470 g/mol. The monoisotopic (exact) mass is 467 g/mol. The molecule has 2 aliphatic carbocycles. The van der Waals surface area contributed by atoms with Crippen molar-refractivity contribution >= 4 is 11.0 Å². The molecule has 1 unspecified atom stereocenters. The van der Waals surface area contributed by atoms with E-state index in [0.717, 1.165) is 3.63 Å². The average Bonchev–Trinajstić information content (AvgIpc) is 3.15. The van der Waals surface area contributed by atoms with Gasteiger partial charge in [-0.1, -0.05) is 0 Å². The molecule has 4 heteroatoms. The Balaban J connectivity index is 0.00000156. The Morgan fingerprint density at radius 3 is 2.04 bits per heavy atom. The van der Waals surface area contributed by atoms with Crippen LogP contribution in [0.25, 0.3) is 5.57 Å². The molecule has 1 atom stereocenters. The van der Waals surface area contributed by atoms with Gasteiger partial charge in [-0.3, -0.25) is 0 Å². The quantitative estimate of drug-likeness (QED) is 0.545. The molecule has 0 N–H and O–H groups in total. The van der Waals surface area contributed by atoms with Crippen molar-refractivity contribution in [2.24, 2.45) is 5.92 Å². The first-order chi connectivity index (χ1) is 11.1. The van der Waals surface area contributed by atoms with Crippen molar-refractivity contribution in [1.29, 1.82) is 0 Å². The van der Waals surface area contributed by atoms with Crippen LogP contribution in [0.1, 0.15) is 46.7 Å². The molecule has 0 radical (unpaired) electrons. The van der Waals surface area contributed by atoms with Gasteiger partial charge in [0.15, 0.2) is 0 Å². The smallest absolute Gasteiger partial charge is 1.00 e. The maximum Gasteiger partial charge on any atom is -1.00 e. The van der Waals surface area contributed by atoms with Gasteiger partial charge in [0.1, 0.15) is 0 Å². The zero-order chi connectivity index (χ0) is 16.6. The first kappa shape index (κ1) is 23.2. The van der Waals surface area contributed by atoms with Gasteiger partial charge in [-0.25, -0.2) is 0 Å². The van der Waals surface area contributed by atoms with E-state index in [1.165, 1.54) is 23.2 Å². The van der Waals surface area contributed by atoms with Crippen LogP contribution in [0.15, 0.2) is 42.0 Å². The molecule has 0 aromatic heterocycles. The second-order valence-electron chi connectivity index (χ2n) is 6.77. The van der Waals surface area contributed by atoms with Crippen LogP contribution in [0.2, 0.25) is 12.1 Å². The molecule has 133 valence electrons. The third-order valence-electron chi connectivity index (χ3n) is 5.37. The SMILES string of the molecule is CC[Si](CC)=[Zr+2][CH]1C(C)=C(C2C=CC=C2)c2c(C)ccc(C)c21.[Cl-].[Cl-]. The Hall–Kier alpha value is 0.120. The van der Waals surface area contributed by atoms with Crippen molar-refractivity contribution in [2.75, 3.05) is 0 Å². The fraction of sp³-hybridized carbons (Fsp3) is 0.429. The molecule has 3 rings (SSSR count). The van der Waals surface area contributed by atoms with E-state index in [-0.39, 0.29) is 52.1 Å². The number of rotatable bonds is 4. The largest absolute Gasteiger partial charge is 1.00 e.